The molecule has 0 saturated heterocycles. The van der Waals surface area contributed by atoms with Gasteiger partial charge in [0.2, 0.25) is 5.91 Å². The first-order valence-electron chi connectivity index (χ1n) is 8.69. The minimum atomic E-state index is -0.952. The fourth-order valence-electron chi connectivity index (χ4n) is 3.05. The summed E-state index contributed by atoms with van der Waals surface area (Å²) < 4.78 is 10.6. The Morgan fingerprint density at radius 1 is 1.11 bits per heavy atom. The molecule has 1 amide bonds. The van der Waals surface area contributed by atoms with Crippen LogP contribution in [0.25, 0.3) is 0 Å². The molecule has 0 spiro atoms. The minimum Gasteiger partial charge on any atom is -0.493 e. The largest absolute Gasteiger partial charge is 0.493 e. The van der Waals surface area contributed by atoms with Crippen LogP contribution in [0.1, 0.15) is 23.1 Å². The van der Waals surface area contributed by atoms with Crippen molar-refractivity contribution in [2.45, 2.75) is 32.2 Å². The van der Waals surface area contributed by atoms with Gasteiger partial charge >= 0.3 is 5.97 Å². The Morgan fingerprint density at radius 3 is 2.48 bits per heavy atom. The number of nitrogens with one attached hydrogen (secondary N) is 1. The van der Waals surface area contributed by atoms with Crippen LogP contribution in [0.5, 0.6) is 11.5 Å². The third-order valence-electron chi connectivity index (χ3n) is 4.19. The number of aliphatic carboxylic acids is 1. The maximum absolute atomic E-state index is 12.5. The van der Waals surface area contributed by atoms with Crippen molar-refractivity contribution >= 4 is 11.9 Å². The van der Waals surface area contributed by atoms with E-state index in [4.69, 9.17) is 9.47 Å². The molecule has 0 unspecified atom stereocenters. The van der Waals surface area contributed by atoms with Crippen molar-refractivity contribution in [3.63, 3.8) is 0 Å². The molecule has 2 rings (SSSR count). The summed E-state index contributed by atoms with van der Waals surface area (Å²) in [5.41, 5.74) is 2.76. The van der Waals surface area contributed by atoms with Gasteiger partial charge in [0, 0.05) is 11.6 Å². The van der Waals surface area contributed by atoms with Gasteiger partial charge in [0.05, 0.1) is 27.1 Å². The molecule has 0 saturated carbocycles. The van der Waals surface area contributed by atoms with Crippen molar-refractivity contribution in [1.29, 1.82) is 0 Å². The van der Waals surface area contributed by atoms with E-state index in [1.165, 1.54) is 14.2 Å². The SMILES string of the molecule is COc1cccc(CC(=O)N[C@@H](CC(=O)O)Cc2cccc(C)c2)c1OC. The normalized spacial score (nSPS) is 11.5. The highest BCUT2D eigenvalue weighted by Crippen LogP contribution is 2.30. The Labute approximate surface area is 159 Å². The molecule has 0 bridgehead atoms. The Hall–Kier alpha value is -3.02. The smallest absolute Gasteiger partial charge is 0.305 e. The average Bonchev–Trinajstić information content (AvgIpc) is 2.60. The van der Waals surface area contributed by atoms with Crippen molar-refractivity contribution < 1.29 is 24.2 Å². The van der Waals surface area contributed by atoms with Crippen LogP contribution < -0.4 is 14.8 Å². The molecule has 144 valence electrons. The van der Waals surface area contributed by atoms with Gasteiger partial charge in [-0.15, -0.1) is 0 Å². The van der Waals surface area contributed by atoms with E-state index in [0.29, 0.717) is 23.5 Å². The zero-order chi connectivity index (χ0) is 19.8. The van der Waals surface area contributed by atoms with E-state index in [9.17, 15) is 14.7 Å². The van der Waals surface area contributed by atoms with Crippen molar-refractivity contribution in [3.05, 3.63) is 59.2 Å². The topological polar surface area (TPSA) is 84.9 Å². The number of carbonyl (C=O) groups excluding carboxylic acids is 1. The van der Waals surface area contributed by atoms with Gasteiger partial charge in [0.25, 0.3) is 0 Å². The number of methoxy groups -OCH3 is 2. The Morgan fingerprint density at radius 2 is 1.85 bits per heavy atom. The number of hydrogen-bond donors (Lipinski definition) is 2. The van der Waals surface area contributed by atoms with E-state index in [1.54, 1.807) is 18.2 Å². The van der Waals surface area contributed by atoms with Gasteiger partial charge in [-0.1, -0.05) is 42.0 Å². The van der Waals surface area contributed by atoms with Crippen LogP contribution in [-0.4, -0.2) is 37.2 Å². The highest BCUT2D eigenvalue weighted by Gasteiger charge is 2.19. The Kier molecular flexibility index (Phi) is 7.23. The number of para-hydroxylation sites is 1. The summed E-state index contributed by atoms with van der Waals surface area (Å²) in [6.45, 7) is 1.98. The highest BCUT2D eigenvalue weighted by molar-refractivity contribution is 5.80. The molecule has 0 radical (unpaired) electrons. The summed E-state index contributed by atoms with van der Waals surface area (Å²) in [7, 11) is 3.05. The zero-order valence-electron chi connectivity index (χ0n) is 15.8. The van der Waals surface area contributed by atoms with Crippen LogP contribution in [0.2, 0.25) is 0 Å². The number of carboxylic acid groups (broad SMARTS) is 1. The number of ether oxygens (including phenoxy) is 2. The van der Waals surface area contributed by atoms with Gasteiger partial charge < -0.3 is 19.9 Å². The van der Waals surface area contributed by atoms with Gasteiger partial charge in [-0.25, -0.2) is 0 Å². The number of aryl methyl sites for hydroxylation is 1. The molecule has 6 nitrogen and oxygen atoms in total. The highest BCUT2D eigenvalue weighted by atomic mass is 16.5. The third kappa shape index (κ3) is 6.02. The molecule has 1 atom stereocenters. The molecule has 0 aliphatic rings. The van der Waals surface area contributed by atoms with Crippen LogP contribution in [0.15, 0.2) is 42.5 Å². The molecule has 2 aromatic carbocycles. The maximum Gasteiger partial charge on any atom is 0.305 e. The molecule has 6 heteroatoms. The number of rotatable bonds is 9. The molecule has 2 aromatic rings. The van der Waals surface area contributed by atoms with Gasteiger partial charge in [-0.2, -0.15) is 0 Å². The van der Waals surface area contributed by atoms with Crippen LogP contribution in [0.3, 0.4) is 0 Å². The molecular formula is C21H25NO5. The number of carboxylic acids is 1. The second-order valence-electron chi connectivity index (χ2n) is 6.38. The Balaban J connectivity index is 2.11. The molecule has 27 heavy (non-hydrogen) atoms. The Bertz CT molecular complexity index is 803. The minimum absolute atomic E-state index is 0.0737. The molecule has 2 N–H and O–H groups in total. The lowest BCUT2D eigenvalue weighted by molar-refractivity contribution is -0.137. The quantitative estimate of drug-likeness (QED) is 0.708. The standard InChI is InChI=1S/C21H25NO5/c1-14-6-4-7-15(10-14)11-17(13-20(24)25)22-19(23)12-16-8-5-9-18(26-2)21(16)27-3/h4-10,17H,11-13H2,1-3H3,(H,22,23)(H,24,25)/t17-/m1/s1. The summed E-state index contributed by atoms with van der Waals surface area (Å²) in [4.78, 5) is 23.7. The van der Waals surface area contributed by atoms with E-state index in [1.807, 2.05) is 31.2 Å². The van der Waals surface area contributed by atoms with Crippen molar-refractivity contribution in [1.82, 2.24) is 5.32 Å². The van der Waals surface area contributed by atoms with Gasteiger partial charge in [-0.05, 0) is 25.0 Å². The second kappa shape index (κ2) is 9.62. The van der Waals surface area contributed by atoms with Gasteiger partial charge in [0.15, 0.2) is 11.5 Å². The molecular weight excluding hydrogens is 346 g/mol. The predicted octanol–water partition coefficient (Wildman–Crippen LogP) is 2.76. The fraction of sp³-hybridized carbons (Fsp3) is 0.333. The van der Waals surface area contributed by atoms with Crippen LogP contribution in [0.4, 0.5) is 0 Å². The molecule has 0 aliphatic carbocycles. The second-order valence-corrected chi connectivity index (χ2v) is 6.38. The summed E-state index contributed by atoms with van der Waals surface area (Å²) in [6, 6.07) is 12.7. The zero-order valence-corrected chi connectivity index (χ0v) is 15.8. The summed E-state index contributed by atoms with van der Waals surface area (Å²) in [5.74, 6) is -0.166. The number of hydrogen-bond acceptors (Lipinski definition) is 4. The van der Waals surface area contributed by atoms with Crippen LogP contribution >= 0.6 is 0 Å². The fourth-order valence-corrected chi connectivity index (χ4v) is 3.05. The predicted molar refractivity (Wildman–Crippen MR) is 102 cm³/mol. The van der Waals surface area contributed by atoms with Crippen molar-refractivity contribution in [2.75, 3.05) is 14.2 Å². The lowest BCUT2D eigenvalue weighted by Crippen LogP contribution is -2.39. The molecule has 0 aromatic heterocycles. The first-order valence-corrected chi connectivity index (χ1v) is 8.69. The van der Waals surface area contributed by atoms with E-state index in [0.717, 1.165) is 11.1 Å². The first kappa shape index (κ1) is 20.3. The molecule has 0 heterocycles. The van der Waals surface area contributed by atoms with Gasteiger partial charge in [0.1, 0.15) is 0 Å². The summed E-state index contributed by atoms with van der Waals surface area (Å²) in [6.07, 6.45) is 0.383. The van der Waals surface area contributed by atoms with Crippen molar-refractivity contribution in [2.24, 2.45) is 0 Å². The first-order chi connectivity index (χ1) is 12.9. The number of amides is 1. The molecule has 0 aliphatic heterocycles. The van der Waals surface area contributed by atoms with Crippen LogP contribution in [0, 0.1) is 6.92 Å². The summed E-state index contributed by atoms with van der Waals surface area (Å²) in [5, 5.41) is 12.0. The van der Waals surface area contributed by atoms with E-state index in [-0.39, 0.29) is 18.7 Å². The average molecular weight is 371 g/mol. The monoisotopic (exact) mass is 371 g/mol. The van der Waals surface area contributed by atoms with E-state index in [2.05, 4.69) is 5.32 Å². The maximum atomic E-state index is 12.5. The molecule has 0 fully saturated rings. The lowest BCUT2D eigenvalue weighted by atomic mass is 10.0. The number of carbonyl (C=O) groups is 2. The van der Waals surface area contributed by atoms with Gasteiger partial charge in [-0.3, -0.25) is 9.59 Å². The van der Waals surface area contributed by atoms with E-state index >= 15 is 0 Å². The summed E-state index contributed by atoms with van der Waals surface area (Å²) >= 11 is 0. The number of benzene rings is 2. The lowest BCUT2D eigenvalue weighted by Gasteiger charge is -2.18. The third-order valence-corrected chi connectivity index (χ3v) is 4.19. The van der Waals surface area contributed by atoms with Crippen LogP contribution in [-0.2, 0) is 22.4 Å². The van der Waals surface area contributed by atoms with E-state index < -0.39 is 12.0 Å². The van der Waals surface area contributed by atoms with Crippen molar-refractivity contribution in [3.8, 4) is 11.5 Å².